The Labute approximate surface area is 197 Å². The minimum absolute atomic E-state index is 0.0871. The van der Waals surface area contributed by atoms with E-state index < -0.39 is 8.80 Å². The van der Waals surface area contributed by atoms with Gasteiger partial charge in [0.25, 0.3) is 0 Å². The maximum Gasteiger partial charge on any atom is 0.110 e. The van der Waals surface area contributed by atoms with E-state index in [9.17, 15) is 0 Å². The normalized spacial score (nSPS) is 11.9. The Kier molecular flexibility index (Phi) is 12.8. The first-order valence-corrected chi connectivity index (χ1v) is 13.9. The van der Waals surface area contributed by atoms with Gasteiger partial charge in [-0.2, -0.15) is 0 Å². The van der Waals surface area contributed by atoms with Crippen molar-refractivity contribution in [3.8, 4) is 0 Å². The lowest BCUT2D eigenvalue weighted by Gasteiger charge is -2.34. The maximum atomic E-state index is 6.04. The molecule has 4 nitrogen and oxygen atoms in total. The summed E-state index contributed by atoms with van der Waals surface area (Å²) in [7, 11) is -1.44. The van der Waals surface area contributed by atoms with Crippen molar-refractivity contribution in [3.63, 3.8) is 0 Å². The molecule has 2 rings (SSSR count). The minimum Gasteiger partial charge on any atom is -0.379 e. The van der Waals surface area contributed by atoms with Crippen LogP contribution in [0.2, 0.25) is 5.04 Å². The molecule has 0 saturated heterocycles. The lowest BCUT2D eigenvalue weighted by Crippen LogP contribution is -2.51. The fourth-order valence-electron chi connectivity index (χ4n) is 3.52. The summed E-state index contributed by atoms with van der Waals surface area (Å²) in [5.41, 5.74) is 0. The predicted molar refractivity (Wildman–Crippen MR) is 136 cm³/mol. The van der Waals surface area contributed by atoms with Gasteiger partial charge in [0.1, 0.15) is 8.80 Å². The molecule has 0 fully saturated rings. The molecule has 0 atom stereocenters. The van der Waals surface area contributed by atoms with Crippen molar-refractivity contribution in [2.75, 3.05) is 57.3 Å². The van der Waals surface area contributed by atoms with E-state index in [1.54, 1.807) is 0 Å². The Balaban J connectivity index is 1.71. The van der Waals surface area contributed by atoms with Crippen LogP contribution in [0.4, 0.5) is 0 Å². The van der Waals surface area contributed by atoms with Gasteiger partial charge in [-0.25, -0.2) is 0 Å². The van der Waals surface area contributed by atoms with Gasteiger partial charge in [0.2, 0.25) is 0 Å². The van der Waals surface area contributed by atoms with Crippen LogP contribution in [0.15, 0.2) is 60.7 Å². The summed E-state index contributed by atoms with van der Waals surface area (Å²) >= 11 is 2.30. The van der Waals surface area contributed by atoms with Crippen LogP contribution in [0.1, 0.15) is 13.8 Å². The third-order valence-electron chi connectivity index (χ3n) is 4.86. The van der Waals surface area contributed by atoms with Crippen molar-refractivity contribution >= 4 is 41.8 Å². The van der Waals surface area contributed by atoms with Crippen LogP contribution < -0.4 is 10.4 Å². The highest BCUT2D eigenvalue weighted by atomic mass is 127. The highest BCUT2D eigenvalue weighted by Gasteiger charge is 2.34. The molecule has 0 aliphatic rings. The van der Waals surface area contributed by atoms with Gasteiger partial charge in [-0.1, -0.05) is 107 Å². The summed E-state index contributed by atoms with van der Waals surface area (Å²) in [4.78, 5) is 0. The van der Waals surface area contributed by atoms with Crippen molar-refractivity contribution < 1.29 is 18.9 Å². The quantitative estimate of drug-likeness (QED) is 0.141. The Morgan fingerprint density at radius 1 is 0.633 bits per heavy atom. The van der Waals surface area contributed by atoms with Crippen molar-refractivity contribution in [1.82, 2.24) is 0 Å². The molecular weight excluding hydrogens is 507 g/mol. The van der Waals surface area contributed by atoms with Crippen molar-refractivity contribution in [2.24, 2.45) is 0 Å². The van der Waals surface area contributed by atoms with E-state index >= 15 is 0 Å². The Bertz CT molecular complexity index is 630. The van der Waals surface area contributed by atoms with Crippen LogP contribution in [0.3, 0.4) is 0 Å². The molecule has 6 heteroatoms. The van der Waals surface area contributed by atoms with Gasteiger partial charge in [-0.15, -0.1) is 0 Å². The Morgan fingerprint density at radius 2 is 1.03 bits per heavy atom. The van der Waals surface area contributed by atoms with Gasteiger partial charge >= 0.3 is 0 Å². The van der Waals surface area contributed by atoms with Gasteiger partial charge in [0.15, 0.2) is 0 Å². The summed E-state index contributed by atoms with van der Waals surface area (Å²) in [6.07, 6.45) is 0. The summed E-state index contributed by atoms with van der Waals surface area (Å²) in [5, 5.41) is 2.99. The molecule has 0 unspecified atom stereocenters. The molecule has 0 aliphatic heterocycles. The molecule has 0 aromatic heterocycles. The summed E-state index contributed by atoms with van der Waals surface area (Å²) < 4.78 is 23.5. The zero-order valence-electron chi connectivity index (χ0n) is 18.2. The smallest absolute Gasteiger partial charge is 0.110 e. The highest BCUT2D eigenvalue weighted by Crippen LogP contribution is 2.28. The molecule has 0 radical (unpaired) electrons. The number of rotatable bonds is 16. The SMILES string of the molecule is CC(C)(COCCOCCOCCOCCI)[SiH](c1ccccc1)c1ccccc1. The second-order valence-electron chi connectivity index (χ2n) is 7.82. The molecule has 0 heterocycles. The highest BCUT2D eigenvalue weighted by molar-refractivity contribution is 14.1. The number of halogens is 1. The lowest BCUT2D eigenvalue weighted by atomic mass is 10.2. The van der Waals surface area contributed by atoms with Crippen LogP contribution in [0.25, 0.3) is 0 Å². The zero-order chi connectivity index (χ0) is 21.5. The average molecular weight is 543 g/mol. The molecule has 0 bridgehead atoms. The maximum absolute atomic E-state index is 6.04. The Hall–Kier alpha value is -0.773. The van der Waals surface area contributed by atoms with E-state index in [0.717, 1.165) is 17.6 Å². The standard InChI is InChI=1S/C24H35IO4Si/c1-24(2,21-29-20-19-28-18-17-27-16-15-26-14-13-25)30(22-9-5-3-6-10-22)23-11-7-4-8-12-23/h3-12,30H,13-21H2,1-2H3. The fraction of sp³-hybridized carbons (Fsp3) is 0.500. The molecule has 0 spiro atoms. The molecule has 0 N–H and O–H groups in total. The van der Waals surface area contributed by atoms with Crippen LogP contribution in [-0.2, 0) is 18.9 Å². The van der Waals surface area contributed by atoms with E-state index in [0.29, 0.717) is 39.6 Å². The summed E-state index contributed by atoms with van der Waals surface area (Å²) in [6.45, 7) is 9.82. The van der Waals surface area contributed by atoms with Gasteiger partial charge in [-0.05, 0) is 5.04 Å². The summed E-state index contributed by atoms with van der Waals surface area (Å²) in [5.74, 6) is 0. The van der Waals surface area contributed by atoms with E-state index in [-0.39, 0.29) is 5.04 Å². The number of alkyl halides is 1. The van der Waals surface area contributed by atoms with Gasteiger partial charge in [-0.3, -0.25) is 0 Å². The summed E-state index contributed by atoms with van der Waals surface area (Å²) in [6, 6.07) is 21.8. The van der Waals surface area contributed by atoms with E-state index in [2.05, 4.69) is 97.1 Å². The lowest BCUT2D eigenvalue weighted by molar-refractivity contribution is -0.00244. The number of hydrogen-bond acceptors (Lipinski definition) is 4. The van der Waals surface area contributed by atoms with Gasteiger partial charge in [0.05, 0.1) is 46.2 Å². The average Bonchev–Trinajstić information content (AvgIpc) is 2.76. The third kappa shape index (κ3) is 9.57. The molecule has 0 amide bonds. The van der Waals surface area contributed by atoms with Gasteiger partial charge in [0, 0.05) is 11.0 Å². The second-order valence-corrected chi connectivity index (χ2v) is 12.7. The molecule has 0 saturated carbocycles. The monoisotopic (exact) mass is 542 g/mol. The molecule has 30 heavy (non-hydrogen) atoms. The van der Waals surface area contributed by atoms with Crippen LogP contribution in [0.5, 0.6) is 0 Å². The van der Waals surface area contributed by atoms with Crippen molar-refractivity contribution in [2.45, 2.75) is 18.9 Å². The third-order valence-corrected chi connectivity index (χ3v) is 9.13. The van der Waals surface area contributed by atoms with E-state index in [1.807, 2.05) is 0 Å². The van der Waals surface area contributed by atoms with E-state index in [1.165, 1.54) is 10.4 Å². The number of ether oxygens (including phenoxy) is 4. The first-order valence-electron chi connectivity index (χ1n) is 10.6. The first kappa shape index (κ1) is 25.5. The first-order chi connectivity index (χ1) is 14.6. The molecule has 0 aliphatic carbocycles. The molecule has 2 aromatic carbocycles. The van der Waals surface area contributed by atoms with Crippen molar-refractivity contribution in [3.05, 3.63) is 60.7 Å². The number of benzene rings is 2. The van der Waals surface area contributed by atoms with Crippen LogP contribution >= 0.6 is 22.6 Å². The van der Waals surface area contributed by atoms with Gasteiger partial charge < -0.3 is 18.9 Å². The second kappa shape index (κ2) is 15.1. The zero-order valence-corrected chi connectivity index (χ0v) is 21.5. The van der Waals surface area contributed by atoms with E-state index in [4.69, 9.17) is 18.9 Å². The molecular formula is C24H35IO4Si. The number of hydrogen-bond donors (Lipinski definition) is 0. The fourth-order valence-corrected chi connectivity index (χ4v) is 7.52. The Morgan fingerprint density at radius 3 is 1.47 bits per heavy atom. The molecule has 2 aromatic rings. The van der Waals surface area contributed by atoms with Crippen molar-refractivity contribution in [1.29, 1.82) is 0 Å². The largest absolute Gasteiger partial charge is 0.379 e. The van der Waals surface area contributed by atoms with Crippen LogP contribution in [0, 0.1) is 0 Å². The topological polar surface area (TPSA) is 36.9 Å². The van der Waals surface area contributed by atoms with Crippen LogP contribution in [-0.4, -0.2) is 66.1 Å². The molecule has 166 valence electrons. The minimum atomic E-state index is -1.44. The predicted octanol–water partition coefficient (Wildman–Crippen LogP) is 3.31.